The fourth-order valence-electron chi connectivity index (χ4n) is 1.05. The largest absolute Gasteiger partial charge is 0.480 e. The molecule has 5 N–H and O–H groups in total. The van der Waals surface area contributed by atoms with Gasteiger partial charge in [-0.3, -0.25) is 14.1 Å². The lowest BCUT2D eigenvalue weighted by atomic mass is 9.87. The van der Waals surface area contributed by atoms with Gasteiger partial charge >= 0.3 is 5.97 Å². The molecule has 0 rings (SSSR count). The van der Waals surface area contributed by atoms with Gasteiger partial charge in [-0.2, -0.15) is 8.42 Å². The molecular formula is C9H17NO8S. The zero-order valence-electron chi connectivity index (χ0n) is 10.4. The van der Waals surface area contributed by atoms with E-state index in [1.165, 1.54) is 13.8 Å². The molecule has 1 unspecified atom stereocenters. The number of amides is 1. The number of carboxylic acid groups (broad SMARTS) is 1. The first kappa shape index (κ1) is 17.8. The number of aliphatic hydroxyl groups excluding tert-OH is 2. The second-order valence-corrected chi connectivity index (χ2v) is 6.24. The highest BCUT2D eigenvalue weighted by Gasteiger charge is 2.36. The van der Waals surface area contributed by atoms with E-state index in [1.807, 2.05) is 5.32 Å². The van der Waals surface area contributed by atoms with Gasteiger partial charge in [0.25, 0.3) is 10.1 Å². The number of hydrogen-bond acceptors (Lipinski definition) is 6. The standard InChI is InChI=1S/C9H17NO8S/c1-9(2,4-11)6(12)7(13)10-3-5(8(14)15)19(16,17)18/h5-6,11-12H,3-4H2,1-2H3,(H,10,13)(H,14,15)(H,16,17,18)/t5?,6-/m0/s1. The summed E-state index contributed by atoms with van der Waals surface area (Å²) in [5.74, 6) is -2.88. The summed E-state index contributed by atoms with van der Waals surface area (Å²) in [5.41, 5.74) is -1.18. The summed E-state index contributed by atoms with van der Waals surface area (Å²) in [5, 5.41) is 26.7. The molecule has 0 aromatic heterocycles. The lowest BCUT2D eigenvalue weighted by Crippen LogP contribution is -2.49. The number of hydrogen-bond donors (Lipinski definition) is 5. The molecule has 0 radical (unpaired) electrons. The predicted octanol–water partition coefficient (Wildman–Crippen LogP) is -2.18. The quantitative estimate of drug-likeness (QED) is 0.331. The molecule has 0 spiro atoms. The van der Waals surface area contributed by atoms with Gasteiger partial charge in [-0.1, -0.05) is 13.8 Å². The van der Waals surface area contributed by atoms with E-state index in [1.54, 1.807) is 0 Å². The van der Waals surface area contributed by atoms with Crippen LogP contribution in [0.5, 0.6) is 0 Å². The Morgan fingerprint density at radius 1 is 1.32 bits per heavy atom. The zero-order valence-corrected chi connectivity index (χ0v) is 11.2. The zero-order chi connectivity index (χ0) is 15.4. The summed E-state index contributed by atoms with van der Waals surface area (Å²) < 4.78 is 30.1. The molecule has 19 heavy (non-hydrogen) atoms. The molecule has 0 bridgehead atoms. The van der Waals surface area contributed by atoms with Gasteiger partial charge in [0.05, 0.1) is 6.61 Å². The number of carbonyl (C=O) groups excluding carboxylic acids is 1. The molecule has 10 heteroatoms. The molecule has 0 aliphatic rings. The van der Waals surface area contributed by atoms with E-state index in [9.17, 15) is 23.1 Å². The van der Waals surface area contributed by atoms with E-state index in [0.29, 0.717) is 0 Å². The number of carboxylic acids is 1. The SMILES string of the molecule is CC(C)(CO)[C@@H](O)C(=O)NCC(C(=O)O)S(=O)(=O)O. The maximum atomic E-state index is 11.5. The third kappa shape index (κ3) is 5.11. The summed E-state index contributed by atoms with van der Waals surface area (Å²) in [6.07, 6.45) is -1.66. The highest BCUT2D eigenvalue weighted by Crippen LogP contribution is 2.19. The molecule has 0 saturated heterocycles. The van der Waals surface area contributed by atoms with E-state index in [2.05, 4.69) is 0 Å². The summed E-state index contributed by atoms with van der Waals surface area (Å²) >= 11 is 0. The van der Waals surface area contributed by atoms with E-state index < -0.39 is 51.9 Å². The van der Waals surface area contributed by atoms with Gasteiger partial charge in [0.2, 0.25) is 11.2 Å². The van der Waals surface area contributed by atoms with E-state index in [-0.39, 0.29) is 0 Å². The number of nitrogens with one attached hydrogen (secondary N) is 1. The van der Waals surface area contributed by atoms with Crippen LogP contribution in [0.3, 0.4) is 0 Å². The Balaban J connectivity index is 4.73. The van der Waals surface area contributed by atoms with Gasteiger partial charge in [-0.15, -0.1) is 0 Å². The highest BCUT2D eigenvalue weighted by atomic mass is 32.2. The number of aliphatic hydroxyl groups is 2. The van der Waals surface area contributed by atoms with Crippen LogP contribution in [0.2, 0.25) is 0 Å². The van der Waals surface area contributed by atoms with Crippen LogP contribution in [-0.4, -0.2) is 64.7 Å². The molecular weight excluding hydrogens is 282 g/mol. The topological polar surface area (TPSA) is 161 Å². The van der Waals surface area contributed by atoms with Crippen LogP contribution in [0, 0.1) is 5.41 Å². The lowest BCUT2D eigenvalue weighted by Gasteiger charge is -2.27. The molecule has 0 aromatic rings. The maximum absolute atomic E-state index is 11.5. The molecule has 0 saturated carbocycles. The van der Waals surface area contributed by atoms with Crippen molar-refractivity contribution < 1.29 is 37.9 Å². The highest BCUT2D eigenvalue weighted by molar-refractivity contribution is 7.87. The minimum absolute atomic E-state index is 0.512. The molecule has 0 heterocycles. The molecule has 0 aliphatic carbocycles. The average Bonchev–Trinajstić information content (AvgIpc) is 2.25. The molecule has 112 valence electrons. The number of aliphatic carboxylic acids is 1. The van der Waals surface area contributed by atoms with Crippen molar-refractivity contribution >= 4 is 22.0 Å². The summed E-state index contributed by atoms with van der Waals surface area (Å²) in [4.78, 5) is 22.0. The minimum atomic E-state index is -4.87. The number of rotatable bonds is 7. The molecule has 0 aliphatic heterocycles. The maximum Gasteiger partial charge on any atom is 0.326 e. The van der Waals surface area contributed by atoms with Crippen LogP contribution < -0.4 is 5.32 Å². The van der Waals surface area contributed by atoms with Crippen molar-refractivity contribution in [3.8, 4) is 0 Å². The third-order valence-corrected chi connectivity index (χ3v) is 3.58. The van der Waals surface area contributed by atoms with Crippen LogP contribution in [0.15, 0.2) is 0 Å². The second-order valence-electron chi connectivity index (χ2n) is 4.64. The van der Waals surface area contributed by atoms with Gasteiger partial charge in [0.15, 0.2) is 0 Å². The Morgan fingerprint density at radius 2 is 1.79 bits per heavy atom. The van der Waals surface area contributed by atoms with Crippen LogP contribution in [-0.2, 0) is 19.7 Å². The van der Waals surface area contributed by atoms with Gasteiger partial charge in [0, 0.05) is 12.0 Å². The van der Waals surface area contributed by atoms with Crippen molar-refractivity contribution in [2.24, 2.45) is 5.41 Å². The Kier molecular flexibility index (Phi) is 5.87. The Bertz CT molecular complexity index is 443. The molecule has 0 aromatic carbocycles. The van der Waals surface area contributed by atoms with Crippen molar-refractivity contribution in [3.05, 3.63) is 0 Å². The Hall–Kier alpha value is -1.23. The third-order valence-electron chi connectivity index (χ3n) is 2.49. The molecule has 2 atom stereocenters. The first-order valence-electron chi connectivity index (χ1n) is 5.19. The van der Waals surface area contributed by atoms with Crippen LogP contribution in [0.4, 0.5) is 0 Å². The Labute approximate surface area is 110 Å². The van der Waals surface area contributed by atoms with E-state index >= 15 is 0 Å². The van der Waals surface area contributed by atoms with Crippen molar-refractivity contribution in [1.29, 1.82) is 0 Å². The van der Waals surface area contributed by atoms with E-state index in [0.717, 1.165) is 0 Å². The average molecular weight is 299 g/mol. The van der Waals surface area contributed by atoms with E-state index in [4.69, 9.17) is 14.8 Å². The smallest absolute Gasteiger partial charge is 0.326 e. The van der Waals surface area contributed by atoms with Gasteiger partial charge in [0.1, 0.15) is 6.10 Å². The first-order chi connectivity index (χ1) is 8.43. The normalized spacial score (nSPS) is 15.6. The van der Waals surface area contributed by atoms with Crippen molar-refractivity contribution in [2.75, 3.05) is 13.2 Å². The molecule has 0 fully saturated rings. The second kappa shape index (κ2) is 6.28. The van der Waals surface area contributed by atoms with Gasteiger partial charge in [-0.25, -0.2) is 0 Å². The summed E-state index contributed by atoms with van der Waals surface area (Å²) in [6, 6.07) is 0. The van der Waals surface area contributed by atoms with Gasteiger partial charge < -0.3 is 20.6 Å². The van der Waals surface area contributed by atoms with Crippen molar-refractivity contribution in [3.63, 3.8) is 0 Å². The van der Waals surface area contributed by atoms with Crippen molar-refractivity contribution in [1.82, 2.24) is 5.32 Å². The van der Waals surface area contributed by atoms with Crippen molar-refractivity contribution in [2.45, 2.75) is 25.2 Å². The number of carbonyl (C=O) groups is 2. The fourth-order valence-corrected chi connectivity index (χ4v) is 1.60. The first-order valence-corrected chi connectivity index (χ1v) is 6.69. The molecule has 1 amide bonds. The molecule has 9 nitrogen and oxygen atoms in total. The monoisotopic (exact) mass is 299 g/mol. The minimum Gasteiger partial charge on any atom is -0.480 e. The summed E-state index contributed by atoms with van der Waals surface area (Å²) in [6.45, 7) is 1.36. The van der Waals surface area contributed by atoms with Gasteiger partial charge in [-0.05, 0) is 0 Å². The fraction of sp³-hybridized carbons (Fsp3) is 0.778. The Morgan fingerprint density at radius 3 is 2.11 bits per heavy atom. The van der Waals surface area contributed by atoms with Crippen LogP contribution in [0.1, 0.15) is 13.8 Å². The lowest BCUT2D eigenvalue weighted by molar-refractivity contribution is -0.138. The summed E-state index contributed by atoms with van der Waals surface area (Å²) in [7, 11) is -4.87. The van der Waals surface area contributed by atoms with Crippen LogP contribution in [0.25, 0.3) is 0 Å². The predicted molar refractivity (Wildman–Crippen MR) is 62.9 cm³/mol. The van der Waals surface area contributed by atoms with Crippen LogP contribution >= 0.6 is 0 Å².